The molecule has 2 aromatic carbocycles. The molecule has 0 aliphatic heterocycles. The van der Waals surface area contributed by atoms with Gasteiger partial charge in [0, 0.05) is 5.69 Å². The highest BCUT2D eigenvalue weighted by Gasteiger charge is 2.03. The van der Waals surface area contributed by atoms with Crippen molar-refractivity contribution in [3.8, 4) is 0 Å². The van der Waals surface area contributed by atoms with Gasteiger partial charge in [0.2, 0.25) is 0 Å². The van der Waals surface area contributed by atoms with Gasteiger partial charge in [-0.3, -0.25) is 5.41 Å². The van der Waals surface area contributed by atoms with Crippen molar-refractivity contribution < 1.29 is 0 Å². The highest BCUT2D eigenvalue weighted by Crippen LogP contribution is 2.26. The van der Waals surface area contributed by atoms with Gasteiger partial charge in [-0.05, 0) is 36.8 Å². The highest BCUT2D eigenvalue weighted by atomic mass is 32.1. The number of nitrogens with one attached hydrogen (secondary N) is 2. The zero-order valence-electron chi connectivity index (χ0n) is 11.6. The minimum absolute atomic E-state index is 0.425. The second-order valence-corrected chi connectivity index (χ2v) is 5.79. The number of nitrogens with zero attached hydrogens (tertiary/aromatic N) is 1. The standard InChI is InChI=1S/C17H15N3S/c1-12(18)19-14-8-9-16-15(11-14)20-17(21-16)10-7-13-5-3-2-4-6-13/h2-11H,1H3,(H2,18,19). The molecule has 0 fully saturated rings. The van der Waals surface area contributed by atoms with E-state index >= 15 is 0 Å². The topological polar surface area (TPSA) is 48.8 Å². The molecule has 1 aromatic heterocycles. The van der Waals surface area contributed by atoms with Gasteiger partial charge < -0.3 is 5.32 Å². The summed E-state index contributed by atoms with van der Waals surface area (Å²) in [5.41, 5.74) is 3.02. The molecule has 3 aromatic rings. The lowest BCUT2D eigenvalue weighted by Gasteiger charge is -2.02. The Kier molecular flexibility index (Phi) is 3.79. The van der Waals surface area contributed by atoms with Crippen molar-refractivity contribution in [3.63, 3.8) is 0 Å². The Morgan fingerprint density at radius 1 is 1.14 bits per heavy atom. The summed E-state index contributed by atoms with van der Waals surface area (Å²) in [6.45, 7) is 1.72. The molecular formula is C17H15N3S. The van der Waals surface area contributed by atoms with E-state index in [1.165, 1.54) is 5.56 Å². The molecular weight excluding hydrogens is 278 g/mol. The Hall–Kier alpha value is -2.46. The molecule has 4 heteroatoms. The fourth-order valence-electron chi connectivity index (χ4n) is 2.04. The molecule has 0 spiro atoms. The maximum atomic E-state index is 7.47. The fraction of sp³-hybridized carbons (Fsp3) is 0.0588. The van der Waals surface area contributed by atoms with Gasteiger partial charge in [-0.1, -0.05) is 36.4 Å². The summed E-state index contributed by atoms with van der Waals surface area (Å²) in [4.78, 5) is 4.62. The number of thiazole rings is 1. The SMILES string of the molecule is CC(=N)Nc1ccc2sc(C=Cc3ccccc3)nc2c1. The van der Waals surface area contributed by atoms with Crippen LogP contribution in [-0.4, -0.2) is 10.8 Å². The molecule has 0 saturated carbocycles. The predicted octanol–water partition coefficient (Wildman–Crippen LogP) is 4.88. The lowest BCUT2D eigenvalue weighted by molar-refractivity contribution is 1.43. The number of amidine groups is 1. The number of hydrogen-bond donors (Lipinski definition) is 2. The van der Waals surface area contributed by atoms with Gasteiger partial charge >= 0.3 is 0 Å². The highest BCUT2D eigenvalue weighted by molar-refractivity contribution is 7.19. The number of aromatic nitrogens is 1. The Morgan fingerprint density at radius 2 is 1.95 bits per heavy atom. The second-order valence-electron chi connectivity index (χ2n) is 4.73. The normalized spacial score (nSPS) is 11.1. The van der Waals surface area contributed by atoms with Crippen LogP contribution in [0, 0.1) is 5.41 Å². The van der Waals surface area contributed by atoms with E-state index in [2.05, 4.69) is 28.5 Å². The van der Waals surface area contributed by atoms with E-state index in [0.717, 1.165) is 20.9 Å². The summed E-state index contributed by atoms with van der Waals surface area (Å²) in [6, 6.07) is 16.2. The van der Waals surface area contributed by atoms with Gasteiger partial charge in [-0.15, -0.1) is 11.3 Å². The Labute approximate surface area is 127 Å². The van der Waals surface area contributed by atoms with Crippen LogP contribution < -0.4 is 5.32 Å². The first-order valence-corrected chi connectivity index (χ1v) is 7.48. The lowest BCUT2D eigenvalue weighted by Crippen LogP contribution is -2.04. The molecule has 3 rings (SSSR count). The third-order valence-corrected chi connectivity index (χ3v) is 3.96. The van der Waals surface area contributed by atoms with Crippen molar-refractivity contribution in [2.24, 2.45) is 0 Å². The minimum atomic E-state index is 0.425. The molecule has 1 heterocycles. The van der Waals surface area contributed by atoms with Gasteiger partial charge in [-0.2, -0.15) is 0 Å². The van der Waals surface area contributed by atoms with E-state index in [0.29, 0.717) is 5.84 Å². The summed E-state index contributed by atoms with van der Waals surface area (Å²) < 4.78 is 1.15. The third kappa shape index (κ3) is 3.35. The quantitative estimate of drug-likeness (QED) is 0.534. The molecule has 3 nitrogen and oxygen atoms in total. The van der Waals surface area contributed by atoms with Gasteiger partial charge in [0.05, 0.1) is 16.1 Å². The van der Waals surface area contributed by atoms with Crippen LogP contribution in [0.1, 0.15) is 17.5 Å². The van der Waals surface area contributed by atoms with Crippen LogP contribution in [0.15, 0.2) is 48.5 Å². The fourth-order valence-corrected chi connectivity index (χ4v) is 2.89. The van der Waals surface area contributed by atoms with E-state index in [-0.39, 0.29) is 0 Å². The van der Waals surface area contributed by atoms with E-state index in [1.54, 1.807) is 18.3 Å². The monoisotopic (exact) mass is 293 g/mol. The maximum Gasteiger partial charge on any atom is 0.117 e. The van der Waals surface area contributed by atoms with Crippen molar-refractivity contribution in [3.05, 3.63) is 59.1 Å². The van der Waals surface area contributed by atoms with Crippen LogP contribution >= 0.6 is 11.3 Å². The third-order valence-electron chi connectivity index (χ3n) is 2.95. The summed E-state index contributed by atoms with van der Waals surface area (Å²) in [5, 5.41) is 11.4. The summed E-state index contributed by atoms with van der Waals surface area (Å²) in [5.74, 6) is 0.425. The number of fused-ring (bicyclic) bond motifs is 1. The van der Waals surface area contributed by atoms with Crippen molar-refractivity contribution in [1.29, 1.82) is 5.41 Å². The minimum Gasteiger partial charge on any atom is -0.344 e. The Morgan fingerprint density at radius 3 is 2.71 bits per heavy atom. The average molecular weight is 293 g/mol. The van der Waals surface area contributed by atoms with Crippen molar-refractivity contribution in [1.82, 2.24) is 4.98 Å². The van der Waals surface area contributed by atoms with E-state index < -0.39 is 0 Å². The summed E-state index contributed by atoms with van der Waals surface area (Å²) in [7, 11) is 0. The molecule has 2 N–H and O–H groups in total. The molecule has 0 atom stereocenters. The van der Waals surface area contributed by atoms with Crippen LogP contribution in [0.25, 0.3) is 22.4 Å². The van der Waals surface area contributed by atoms with Crippen LogP contribution in [0.4, 0.5) is 5.69 Å². The molecule has 0 unspecified atom stereocenters. The van der Waals surface area contributed by atoms with Crippen molar-refractivity contribution >= 4 is 45.2 Å². The number of benzene rings is 2. The first-order valence-electron chi connectivity index (χ1n) is 6.66. The Bertz CT molecular complexity index is 803. The Balaban J connectivity index is 1.87. The van der Waals surface area contributed by atoms with Crippen LogP contribution in [0.5, 0.6) is 0 Å². The lowest BCUT2D eigenvalue weighted by atomic mass is 10.2. The van der Waals surface area contributed by atoms with E-state index in [1.807, 2.05) is 42.5 Å². The predicted molar refractivity (Wildman–Crippen MR) is 92.0 cm³/mol. The zero-order chi connectivity index (χ0) is 14.7. The molecule has 104 valence electrons. The van der Waals surface area contributed by atoms with E-state index in [4.69, 9.17) is 5.41 Å². The van der Waals surface area contributed by atoms with Crippen molar-refractivity contribution in [2.75, 3.05) is 5.32 Å². The zero-order valence-corrected chi connectivity index (χ0v) is 12.4. The average Bonchev–Trinajstić information content (AvgIpc) is 2.88. The van der Waals surface area contributed by atoms with Crippen LogP contribution in [-0.2, 0) is 0 Å². The van der Waals surface area contributed by atoms with Crippen LogP contribution in [0.3, 0.4) is 0 Å². The van der Waals surface area contributed by atoms with E-state index in [9.17, 15) is 0 Å². The second kappa shape index (κ2) is 5.89. The molecule has 0 amide bonds. The molecule has 0 radical (unpaired) electrons. The van der Waals surface area contributed by atoms with Gasteiger partial charge in [0.1, 0.15) is 5.01 Å². The number of hydrogen-bond acceptors (Lipinski definition) is 3. The number of anilines is 1. The first-order chi connectivity index (χ1) is 10.2. The maximum absolute atomic E-state index is 7.47. The van der Waals surface area contributed by atoms with Gasteiger partial charge in [-0.25, -0.2) is 4.98 Å². The summed E-state index contributed by atoms with van der Waals surface area (Å²) >= 11 is 1.66. The van der Waals surface area contributed by atoms with Crippen LogP contribution in [0.2, 0.25) is 0 Å². The van der Waals surface area contributed by atoms with Crippen molar-refractivity contribution in [2.45, 2.75) is 6.92 Å². The molecule has 0 aliphatic rings. The number of rotatable bonds is 3. The molecule has 0 saturated heterocycles. The smallest absolute Gasteiger partial charge is 0.117 e. The first kappa shape index (κ1) is 13.5. The molecule has 0 bridgehead atoms. The molecule has 0 aliphatic carbocycles. The molecule has 21 heavy (non-hydrogen) atoms. The largest absolute Gasteiger partial charge is 0.344 e. The van der Waals surface area contributed by atoms with Gasteiger partial charge in [0.15, 0.2) is 0 Å². The van der Waals surface area contributed by atoms with Gasteiger partial charge in [0.25, 0.3) is 0 Å². The summed E-state index contributed by atoms with van der Waals surface area (Å²) in [6.07, 6.45) is 4.10.